The lowest BCUT2D eigenvalue weighted by Crippen LogP contribution is -2.33. The van der Waals surface area contributed by atoms with Gasteiger partial charge in [-0.25, -0.2) is 4.98 Å². The van der Waals surface area contributed by atoms with E-state index < -0.39 is 0 Å². The summed E-state index contributed by atoms with van der Waals surface area (Å²) >= 11 is 0. The third-order valence-corrected chi connectivity index (χ3v) is 1.58. The molecule has 10 heavy (non-hydrogen) atoms. The summed E-state index contributed by atoms with van der Waals surface area (Å²) in [5.41, 5.74) is 1.07. The van der Waals surface area contributed by atoms with Crippen molar-refractivity contribution in [2.45, 2.75) is 13.1 Å². The van der Waals surface area contributed by atoms with Gasteiger partial charge in [0, 0.05) is 6.20 Å². The van der Waals surface area contributed by atoms with Crippen LogP contribution in [0.5, 0.6) is 0 Å². The number of nitrogens with zero attached hydrogens (tertiary/aromatic N) is 2. The second kappa shape index (κ2) is 1.83. The Hall–Kier alpha value is -1.32. The number of aromatic nitrogens is 2. The molecule has 1 aromatic heterocycles. The van der Waals surface area contributed by atoms with Crippen LogP contribution in [0.1, 0.15) is 5.69 Å². The number of amides is 1. The van der Waals surface area contributed by atoms with Crippen LogP contribution in [0.15, 0.2) is 12.5 Å². The first-order valence-electron chi connectivity index (χ1n) is 3.12. The van der Waals surface area contributed by atoms with Gasteiger partial charge in [-0.2, -0.15) is 0 Å². The standard InChI is InChI=1S/C6H7N3O/c10-6-3-9-4-7-1-5(9)2-8-6/h1,4H,2-3H2,(H,8,10). The molecule has 4 nitrogen and oxygen atoms in total. The first kappa shape index (κ1) is 5.46. The van der Waals surface area contributed by atoms with Gasteiger partial charge in [-0.3, -0.25) is 4.79 Å². The van der Waals surface area contributed by atoms with E-state index in [1.54, 1.807) is 12.5 Å². The van der Waals surface area contributed by atoms with Crippen molar-refractivity contribution in [3.05, 3.63) is 18.2 Å². The quantitative estimate of drug-likeness (QED) is 0.524. The molecule has 0 atom stereocenters. The lowest BCUT2D eigenvalue weighted by Gasteiger charge is -2.13. The molecule has 0 radical (unpaired) electrons. The van der Waals surface area contributed by atoms with E-state index in [0.29, 0.717) is 13.1 Å². The highest BCUT2D eigenvalue weighted by molar-refractivity contribution is 5.76. The summed E-state index contributed by atoms with van der Waals surface area (Å²) < 4.78 is 1.85. The van der Waals surface area contributed by atoms with Gasteiger partial charge in [-0.15, -0.1) is 0 Å². The Morgan fingerprint density at radius 2 is 2.60 bits per heavy atom. The molecular weight excluding hydrogens is 130 g/mol. The number of hydrogen-bond donors (Lipinski definition) is 1. The summed E-state index contributed by atoms with van der Waals surface area (Å²) in [6.07, 6.45) is 3.44. The van der Waals surface area contributed by atoms with Crippen molar-refractivity contribution in [1.29, 1.82) is 0 Å². The normalized spacial score (nSPS) is 16.2. The van der Waals surface area contributed by atoms with E-state index >= 15 is 0 Å². The summed E-state index contributed by atoms with van der Waals surface area (Å²) in [5.74, 6) is 0.0606. The van der Waals surface area contributed by atoms with Crippen LogP contribution < -0.4 is 5.32 Å². The minimum atomic E-state index is 0.0606. The van der Waals surface area contributed by atoms with E-state index in [9.17, 15) is 4.79 Å². The average Bonchev–Trinajstić information content (AvgIpc) is 2.33. The van der Waals surface area contributed by atoms with Crippen LogP contribution in [0.4, 0.5) is 0 Å². The zero-order chi connectivity index (χ0) is 6.97. The second-order valence-corrected chi connectivity index (χ2v) is 2.29. The molecule has 1 N–H and O–H groups in total. The number of carbonyl (C=O) groups is 1. The van der Waals surface area contributed by atoms with Gasteiger partial charge >= 0.3 is 0 Å². The van der Waals surface area contributed by atoms with E-state index in [4.69, 9.17) is 0 Å². The van der Waals surface area contributed by atoms with Crippen molar-refractivity contribution >= 4 is 5.91 Å². The van der Waals surface area contributed by atoms with Crippen LogP contribution in [0.3, 0.4) is 0 Å². The van der Waals surface area contributed by atoms with Crippen molar-refractivity contribution in [3.63, 3.8) is 0 Å². The molecule has 1 aromatic rings. The Kier molecular flexibility index (Phi) is 1.00. The van der Waals surface area contributed by atoms with E-state index in [1.807, 2.05) is 4.57 Å². The summed E-state index contributed by atoms with van der Waals surface area (Å²) in [7, 11) is 0. The smallest absolute Gasteiger partial charge is 0.240 e. The number of fused-ring (bicyclic) bond motifs is 1. The maximum absolute atomic E-state index is 10.8. The van der Waals surface area contributed by atoms with Crippen LogP contribution >= 0.6 is 0 Å². The Labute approximate surface area is 57.9 Å². The minimum Gasteiger partial charge on any atom is -0.349 e. The topological polar surface area (TPSA) is 46.9 Å². The molecule has 0 unspecified atom stereocenters. The van der Waals surface area contributed by atoms with Crippen molar-refractivity contribution < 1.29 is 4.79 Å². The van der Waals surface area contributed by atoms with Crippen LogP contribution in [0.2, 0.25) is 0 Å². The molecule has 0 aliphatic carbocycles. The SMILES string of the molecule is O=C1Cn2cncc2CN1. The number of hydrogen-bond acceptors (Lipinski definition) is 2. The molecule has 2 rings (SSSR count). The number of rotatable bonds is 0. The fourth-order valence-corrected chi connectivity index (χ4v) is 1.04. The predicted molar refractivity (Wildman–Crippen MR) is 34.1 cm³/mol. The first-order valence-corrected chi connectivity index (χ1v) is 3.12. The van der Waals surface area contributed by atoms with E-state index in [1.165, 1.54) is 0 Å². The maximum atomic E-state index is 10.8. The van der Waals surface area contributed by atoms with E-state index in [-0.39, 0.29) is 5.91 Å². The highest BCUT2D eigenvalue weighted by Gasteiger charge is 2.12. The molecule has 0 aromatic carbocycles. The van der Waals surface area contributed by atoms with Crippen molar-refractivity contribution in [1.82, 2.24) is 14.9 Å². The van der Waals surface area contributed by atoms with Crippen LogP contribution in [0, 0.1) is 0 Å². The fraction of sp³-hybridized carbons (Fsp3) is 0.333. The zero-order valence-corrected chi connectivity index (χ0v) is 5.37. The molecule has 1 amide bonds. The predicted octanol–water partition coefficient (Wildman–Crippen LogP) is -0.487. The van der Waals surface area contributed by atoms with Crippen molar-refractivity contribution in [2.75, 3.05) is 0 Å². The van der Waals surface area contributed by atoms with Gasteiger partial charge < -0.3 is 9.88 Å². The highest BCUT2D eigenvalue weighted by atomic mass is 16.2. The number of carbonyl (C=O) groups excluding carboxylic acids is 1. The lowest BCUT2D eigenvalue weighted by molar-refractivity contribution is -0.122. The third-order valence-electron chi connectivity index (χ3n) is 1.58. The van der Waals surface area contributed by atoms with Crippen molar-refractivity contribution in [3.8, 4) is 0 Å². The average molecular weight is 137 g/mol. The molecule has 4 heteroatoms. The maximum Gasteiger partial charge on any atom is 0.240 e. The van der Waals surface area contributed by atoms with Gasteiger partial charge in [0.2, 0.25) is 5.91 Å². The van der Waals surface area contributed by atoms with Crippen LogP contribution in [-0.4, -0.2) is 15.5 Å². The van der Waals surface area contributed by atoms with Gasteiger partial charge in [0.1, 0.15) is 6.54 Å². The van der Waals surface area contributed by atoms with Gasteiger partial charge in [0.15, 0.2) is 0 Å². The molecule has 0 bridgehead atoms. The Balaban J connectivity index is 2.39. The molecule has 0 spiro atoms. The van der Waals surface area contributed by atoms with E-state index in [2.05, 4.69) is 10.3 Å². The first-order chi connectivity index (χ1) is 4.86. The third kappa shape index (κ3) is 0.689. The van der Waals surface area contributed by atoms with Gasteiger partial charge in [-0.05, 0) is 0 Å². The van der Waals surface area contributed by atoms with Gasteiger partial charge in [0.25, 0.3) is 0 Å². The van der Waals surface area contributed by atoms with Crippen LogP contribution in [-0.2, 0) is 17.9 Å². The summed E-state index contributed by atoms with van der Waals surface area (Å²) in [5, 5.41) is 2.72. The molecule has 1 aliphatic rings. The summed E-state index contributed by atoms with van der Waals surface area (Å²) in [4.78, 5) is 14.7. The zero-order valence-electron chi connectivity index (χ0n) is 5.37. The van der Waals surface area contributed by atoms with Crippen molar-refractivity contribution in [2.24, 2.45) is 0 Å². The highest BCUT2D eigenvalue weighted by Crippen LogP contribution is 2.02. The molecule has 1 aliphatic heterocycles. The van der Waals surface area contributed by atoms with Gasteiger partial charge in [0.05, 0.1) is 18.6 Å². The van der Waals surface area contributed by atoms with E-state index in [0.717, 1.165) is 5.69 Å². The molecule has 2 heterocycles. The molecule has 0 saturated heterocycles. The summed E-state index contributed by atoms with van der Waals surface area (Å²) in [6.45, 7) is 1.02. The lowest BCUT2D eigenvalue weighted by atomic mass is 10.3. The largest absolute Gasteiger partial charge is 0.349 e. The summed E-state index contributed by atoms with van der Waals surface area (Å²) in [6, 6.07) is 0. The fourth-order valence-electron chi connectivity index (χ4n) is 1.04. The second-order valence-electron chi connectivity index (χ2n) is 2.29. The Morgan fingerprint density at radius 1 is 1.70 bits per heavy atom. The number of imidazole rings is 1. The Morgan fingerprint density at radius 3 is 3.50 bits per heavy atom. The molecular formula is C6H7N3O. The molecule has 0 fully saturated rings. The van der Waals surface area contributed by atoms with Crippen LogP contribution in [0.25, 0.3) is 0 Å². The van der Waals surface area contributed by atoms with Gasteiger partial charge in [-0.1, -0.05) is 0 Å². The molecule has 52 valence electrons. The monoisotopic (exact) mass is 137 g/mol. The minimum absolute atomic E-state index is 0.0606. The number of nitrogens with one attached hydrogen (secondary N) is 1. The Bertz CT molecular complexity index is 266. The molecule has 0 saturated carbocycles.